The molecule has 0 aliphatic carbocycles. The molecule has 0 amide bonds. The highest BCUT2D eigenvalue weighted by Crippen LogP contribution is 2.29. The topological polar surface area (TPSA) is 58.6 Å². The van der Waals surface area contributed by atoms with Crippen molar-refractivity contribution in [3.63, 3.8) is 0 Å². The molecule has 0 spiro atoms. The van der Waals surface area contributed by atoms with Crippen LogP contribution in [0.15, 0.2) is 27.6 Å². The largest absolute Gasteiger partial charge is 0.383 e. The summed E-state index contributed by atoms with van der Waals surface area (Å²) in [6.07, 6.45) is 0. The third kappa shape index (κ3) is 2.69. The van der Waals surface area contributed by atoms with Gasteiger partial charge >= 0.3 is 0 Å². The molecule has 1 aliphatic rings. The summed E-state index contributed by atoms with van der Waals surface area (Å²) in [5.74, 6) is 0. The molecule has 0 unspecified atom stereocenters. The van der Waals surface area contributed by atoms with Crippen LogP contribution < -0.4 is 5.32 Å². The van der Waals surface area contributed by atoms with Gasteiger partial charge in [-0.15, -0.1) is 0 Å². The minimum absolute atomic E-state index is 0.311. The number of hydrogen-bond acceptors (Lipinski definition) is 4. The van der Waals surface area contributed by atoms with E-state index in [0.29, 0.717) is 36.8 Å². The van der Waals surface area contributed by atoms with Crippen LogP contribution in [0, 0.1) is 0 Å². The number of benzene rings is 1. The fourth-order valence-electron chi connectivity index (χ4n) is 1.86. The summed E-state index contributed by atoms with van der Waals surface area (Å²) < 4.78 is 32.1. The standard InChI is InChI=1S/C11H15BrN2O3S/c1-17-7-6-14-5-4-13-10-3-2-9(12)8-11(10)18(14,15)16/h2-3,8,13H,4-7H2,1H3. The normalized spacial score (nSPS) is 18.8. The molecule has 1 aliphatic heterocycles. The summed E-state index contributed by atoms with van der Waals surface area (Å²) in [7, 11) is -1.89. The molecule has 0 atom stereocenters. The summed E-state index contributed by atoms with van der Waals surface area (Å²) in [5.41, 5.74) is 0.651. The molecular formula is C11H15BrN2O3S. The Kier molecular flexibility index (Phi) is 4.26. The summed E-state index contributed by atoms with van der Waals surface area (Å²) in [5, 5.41) is 3.13. The average molecular weight is 335 g/mol. The number of nitrogens with one attached hydrogen (secondary N) is 1. The fourth-order valence-corrected chi connectivity index (χ4v) is 3.99. The number of anilines is 1. The highest BCUT2D eigenvalue weighted by atomic mass is 79.9. The van der Waals surface area contributed by atoms with Gasteiger partial charge in [-0.25, -0.2) is 8.42 Å². The van der Waals surface area contributed by atoms with Crippen molar-refractivity contribution in [3.05, 3.63) is 22.7 Å². The van der Waals surface area contributed by atoms with Crippen molar-refractivity contribution in [2.24, 2.45) is 0 Å². The molecule has 18 heavy (non-hydrogen) atoms. The molecule has 0 bridgehead atoms. The molecule has 7 heteroatoms. The molecule has 2 rings (SSSR count). The van der Waals surface area contributed by atoms with Crippen LogP contribution in [0.25, 0.3) is 0 Å². The molecule has 0 radical (unpaired) electrons. The second kappa shape index (κ2) is 5.56. The van der Waals surface area contributed by atoms with Gasteiger partial charge in [-0.3, -0.25) is 0 Å². The zero-order valence-corrected chi connectivity index (χ0v) is 12.4. The van der Waals surface area contributed by atoms with Crippen LogP contribution in [-0.4, -0.2) is 46.1 Å². The molecular weight excluding hydrogens is 320 g/mol. The average Bonchev–Trinajstić information content (AvgIpc) is 2.45. The van der Waals surface area contributed by atoms with Crippen LogP contribution in [-0.2, 0) is 14.8 Å². The second-order valence-electron chi connectivity index (χ2n) is 3.96. The lowest BCUT2D eigenvalue weighted by molar-refractivity contribution is 0.180. The van der Waals surface area contributed by atoms with Crippen molar-refractivity contribution in [3.8, 4) is 0 Å². The van der Waals surface area contributed by atoms with Crippen LogP contribution in [0.2, 0.25) is 0 Å². The van der Waals surface area contributed by atoms with Crippen LogP contribution in [0.5, 0.6) is 0 Å². The smallest absolute Gasteiger partial charge is 0.245 e. The predicted molar refractivity (Wildman–Crippen MR) is 73.3 cm³/mol. The molecule has 5 nitrogen and oxygen atoms in total. The zero-order valence-electron chi connectivity index (χ0n) is 10.0. The predicted octanol–water partition coefficient (Wildman–Crippen LogP) is 1.51. The lowest BCUT2D eigenvalue weighted by Crippen LogP contribution is -2.35. The molecule has 0 fully saturated rings. The lowest BCUT2D eigenvalue weighted by atomic mass is 10.3. The van der Waals surface area contributed by atoms with E-state index in [1.54, 1.807) is 19.2 Å². The Morgan fingerprint density at radius 1 is 1.50 bits per heavy atom. The Morgan fingerprint density at radius 2 is 2.28 bits per heavy atom. The maximum atomic E-state index is 12.5. The van der Waals surface area contributed by atoms with Crippen LogP contribution in [0.1, 0.15) is 0 Å². The van der Waals surface area contributed by atoms with Gasteiger partial charge in [-0.1, -0.05) is 15.9 Å². The first-order valence-corrected chi connectivity index (χ1v) is 7.81. The van der Waals surface area contributed by atoms with Gasteiger partial charge < -0.3 is 10.1 Å². The van der Waals surface area contributed by atoms with E-state index in [4.69, 9.17) is 4.74 Å². The van der Waals surface area contributed by atoms with E-state index in [-0.39, 0.29) is 0 Å². The first kappa shape index (κ1) is 13.8. The van der Waals surface area contributed by atoms with Crippen LogP contribution >= 0.6 is 15.9 Å². The van der Waals surface area contributed by atoms with Crippen molar-refractivity contribution < 1.29 is 13.2 Å². The number of nitrogens with zero attached hydrogens (tertiary/aromatic N) is 1. The Labute approximate surface area is 115 Å². The third-order valence-corrected chi connectivity index (χ3v) is 5.21. The Bertz CT molecular complexity index is 531. The van der Waals surface area contributed by atoms with Gasteiger partial charge in [0.1, 0.15) is 4.90 Å². The van der Waals surface area contributed by atoms with Gasteiger partial charge in [0.25, 0.3) is 0 Å². The monoisotopic (exact) mass is 334 g/mol. The van der Waals surface area contributed by atoms with E-state index in [0.717, 1.165) is 4.47 Å². The molecule has 1 aromatic rings. The number of methoxy groups -OCH3 is 1. The molecule has 1 heterocycles. The number of rotatable bonds is 3. The number of halogens is 1. The first-order valence-electron chi connectivity index (χ1n) is 5.58. The van der Waals surface area contributed by atoms with Crippen molar-refractivity contribution in [2.45, 2.75) is 4.90 Å². The molecule has 100 valence electrons. The fraction of sp³-hybridized carbons (Fsp3) is 0.455. The van der Waals surface area contributed by atoms with Gasteiger partial charge in [-0.2, -0.15) is 4.31 Å². The minimum atomic E-state index is -3.45. The van der Waals surface area contributed by atoms with Gasteiger partial charge in [0, 0.05) is 31.2 Å². The lowest BCUT2D eigenvalue weighted by Gasteiger charge is -2.19. The van der Waals surface area contributed by atoms with Crippen molar-refractivity contribution >= 4 is 31.6 Å². The second-order valence-corrected chi connectivity index (χ2v) is 6.79. The summed E-state index contributed by atoms with van der Waals surface area (Å²) in [6.45, 7) is 1.80. The Balaban J connectivity index is 2.42. The van der Waals surface area contributed by atoms with E-state index in [1.165, 1.54) is 4.31 Å². The molecule has 0 aromatic heterocycles. The van der Waals surface area contributed by atoms with E-state index in [1.807, 2.05) is 6.07 Å². The SMILES string of the molecule is COCCN1CCNc2ccc(Br)cc2S1(=O)=O. The Hall–Kier alpha value is -0.630. The number of hydrogen-bond donors (Lipinski definition) is 1. The highest BCUT2D eigenvalue weighted by Gasteiger charge is 2.29. The molecule has 1 N–H and O–H groups in total. The number of sulfonamides is 1. The van der Waals surface area contributed by atoms with Gasteiger partial charge in [0.05, 0.1) is 12.3 Å². The van der Waals surface area contributed by atoms with Gasteiger partial charge in [-0.05, 0) is 18.2 Å². The molecule has 0 saturated carbocycles. The molecule has 0 saturated heterocycles. The summed E-state index contributed by atoms with van der Waals surface area (Å²) >= 11 is 3.30. The van der Waals surface area contributed by atoms with E-state index < -0.39 is 10.0 Å². The van der Waals surface area contributed by atoms with E-state index in [9.17, 15) is 8.42 Å². The molecule has 1 aromatic carbocycles. The zero-order chi connectivity index (χ0) is 13.2. The van der Waals surface area contributed by atoms with Crippen LogP contribution in [0.4, 0.5) is 5.69 Å². The number of ether oxygens (including phenoxy) is 1. The Morgan fingerprint density at radius 3 is 3.00 bits per heavy atom. The quantitative estimate of drug-likeness (QED) is 0.910. The van der Waals surface area contributed by atoms with E-state index >= 15 is 0 Å². The summed E-state index contributed by atoms with van der Waals surface area (Å²) in [6, 6.07) is 5.23. The number of fused-ring (bicyclic) bond motifs is 1. The van der Waals surface area contributed by atoms with Crippen molar-refractivity contribution in [1.82, 2.24) is 4.31 Å². The third-order valence-electron chi connectivity index (χ3n) is 2.78. The van der Waals surface area contributed by atoms with E-state index in [2.05, 4.69) is 21.2 Å². The maximum Gasteiger partial charge on any atom is 0.245 e. The van der Waals surface area contributed by atoms with Gasteiger partial charge in [0.2, 0.25) is 10.0 Å². The first-order chi connectivity index (χ1) is 8.55. The van der Waals surface area contributed by atoms with Crippen molar-refractivity contribution in [2.75, 3.05) is 38.7 Å². The summed E-state index contributed by atoms with van der Waals surface area (Å²) in [4.78, 5) is 0.311. The highest BCUT2D eigenvalue weighted by molar-refractivity contribution is 9.10. The van der Waals surface area contributed by atoms with Crippen LogP contribution in [0.3, 0.4) is 0 Å². The maximum absolute atomic E-state index is 12.5. The van der Waals surface area contributed by atoms with Crippen molar-refractivity contribution in [1.29, 1.82) is 0 Å². The van der Waals surface area contributed by atoms with Gasteiger partial charge in [0.15, 0.2) is 0 Å². The minimum Gasteiger partial charge on any atom is -0.383 e.